The molecular weight excluding hydrogens is 194 g/mol. The molecular formula is C10H17N3O2. The summed E-state index contributed by atoms with van der Waals surface area (Å²) in [6.45, 7) is 5.93. The molecule has 1 fully saturated rings. The van der Waals surface area contributed by atoms with Gasteiger partial charge in [0, 0.05) is 20.0 Å². The van der Waals surface area contributed by atoms with Crippen LogP contribution >= 0.6 is 0 Å². The highest BCUT2D eigenvalue weighted by Crippen LogP contribution is 2.26. The van der Waals surface area contributed by atoms with E-state index in [9.17, 15) is 5.11 Å². The molecule has 1 aromatic rings. The summed E-state index contributed by atoms with van der Waals surface area (Å²) in [4.78, 5) is 2.11. The van der Waals surface area contributed by atoms with Gasteiger partial charge in [0.25, 0.3) is 0 Å². The van der Waals surface area contributed by atoms with Crippen molar-refractivity contribution in [2.24, 2.45) is 0 Å². The predicted molar refractivity (Wildman–Crippen MR) is 54.2 cm³/mol. The van der Waals surface area contributed by atoms with Crippen molar-refractivity contribution in [2.45, 2.75) is 38.8 Å². The van der Waals surface area contributed by atoms with Gasteiger partial charge in [-0.1, -0.05) is 13.3 Å². The van der Waals surface area contributed by atoms with Crippen molar-refractivity contribution in [2.75, 3.05) is 13.1 Å². The maximum absolute atomic E-state index is 9.96. The Kier molecular flexibility index (Phi) is 2.75. The minimum atomic E-state index is -0.482. The number of aryl methyl sites for hydroxylation is 1. The first kappa shape index (κ1) is 10.6. The van der Waals surface area contributed by atoms with Gasteiger partial charge in [-0.15, -0.1) is 10.2 Å². The molecule has 5 nitrogen and oxygen atoms in total. The minimum absolute atomic E-state index is 0.482. The molecule has 2 heterocycles. The number of nitrogens with zero attached hydrogens (tertiary/aromatic N) is 3. The molecule has 0 atom stereocenters. The van der Waals surface area contributed by atoms with Crippen LogP contribution in [0, 0.1) is 6.92 Å². The van der Waals surface area contributed by atoms with Crippen molar-refractivity contribution in [1.82, 2.24) is 15.1 Å². The Morgan fingerprint density at radius 1 is 1.47 bits per heavy atom. The summed E-state index contributed by atoms with van der Waals surface area (Å²) in [5.74, 6) is 1.22. The number of hydrogen-bond acceptors (Lipinski definition) is 5. The van der Waals surface area contributed by atoms with E-state index in [1.54, 1.807) is 6.92 Å². The monoisotopic (exact) mass is 211 g/mol. The van der Waals surface area contributed by atoms with Gasteiger partial charge in [0.2, 0.25) is 11.8 Å². The van der Waals surface area contributed by atoms with Gasteiger partial charge in [0.05, 0.1) is 12.1 Å². The molecule has 0 unspecified atom stereocenters. The van der Waals surface area contributed by atoms with Crippen molar-refractivity contribution in [3.05, 3.63) is 11.8 Å². The van der Waals surface area contributed by atoms with Crippen molar-refractivity contribution in [1.29, 1.82) is 0 Å². The quantitative estimate of drug-likeness (QED) is 0.795. The summed E-state index contributed by atoms with van der Waals surface area (Å²) in [6, 6.07) is 0. The Balaban J connectivity index is 1.80. The van der Waals surface area contributed by atoms with Crippen LogP contribution in [0.4, 0.5) is 0 Å². The van der Waals surface area contributed by atoms with Crippen LogP contribution < -0.4 is 0 Å². The number of aliphatic hydroxyl groups is 1. The largest absolute Gasteiger partial charge is 0.424 e. The summed E-state index contributed by atoms with van der Waals surface area (Å²) >= 11 is 0. The second-order valence-corrected chi connectivity index (χ2v) is 4.33. The molecule has 0 bridgehead atoms. The van der Waals surface area contributed by atoms with Crippen LogP contribution in [-0.2, 0) is 6.54 Å². The molecule has 0 spiro atoms. The molecule has 84 valence electrons. The normalized spacial score (nSPS) is 20.2. The Labute approximate surface area is 89.1 Å². The standard InChI is InChI=1S/C10H17N3O2/c1-3-4-10(14)6-13(7-10)5-9-12-11-8(2)15-9/h14H,3-7H2,1-2H3. The van der Waals surface area contributed by atoms with E-state index in [1.807, 2.05) is 0 Å². The number of rotatable bonds is 4. The lowest BCUT2D eigenvalue weighted by molar-refractivity contribution is -0.109. The highest BCUT2D eigenvalue weighted by atomic mass is 16.4. The summed E-state index contributed by atoms with van der Waals surface area (Å²) in [7, 11) is 0. The fourth-order valence-electron chi connectivity index (χ4n) is 2.11. The van der Waals surface area contributed by atoms with Gasteiger partial charge in [-0.25, -0.2) is 0 Å². The third-order valence-electron chi connectivity index (χ3n) is 2.68. The summed E-state index contributed by atoms with van der Waals surface area (Å²) in [5, 5.41) is 17.6. The average molecular weight is 211 g/mol. The predicted octanol–water partition coefficient (Wildman–Crippen LogP) is 0.725. The zero-order valence-electron chi connectivity index (χ0n) is 9.23. The first-order valence-electron chi connectivity index (χ1n) is 5.35. The lowest BCUT2D eigenvalue weighted by atomic mass is 9.89. The van der Waals surface area contributed by atoms with Crippen molar-refractivity contribution >= 4 is 0 Å². The van der Waals surface area contributed by atoms with Crippen LogP contribution in [-0.4, -0.2) is 38.9 Å². The fourth-order valence-corrected chi connectivity index (χ4v) is 2.11. The van der Waals surface area contributed by atoms with Crippen LogP contribution in [0.15, 0.2) is 4.42 Å². The Hall–Kier alpha value is -0.940. The summed E-state index contributed by atoms with van der Waals surface area (Å²) < 4.78 is 5.27. The first-order chi connectivity index (χ1) is 7.11. The van der Waals surface area contributed by atoms with Crippen molar-refractivity contribution in [3.8, 4) is 0 Å². The third kappa shape index (κ3) is 2.35. The van der Waals surface area contributed by atoms with Gasteiger partial charge in [-0.3, -0.25) is 4.90 Å². The summed E-state index contributed by atoms with van der Waals surface area (Å²) in [6.07, 6.45) is 1.89. The van der Waals surface area contributed by atoms with E-state index in [0.717, 1.165) is 12.8 Å². The zero-order chi connectivity index (χ0) is 10.9. The molecule has 0 aromatic carbocycles. The topological polar surface area (TPSA) is 62.4 Å². The second-order valence-electron chi connectivity index (χ2n) is 4.33. The van der Waals surface area contributed by atoms with Gasteiger partial charge >= 0.3 is 0 Å². The van der Waals surface area contributed by atoms with Gasteiger partial charge in [-0.05, 0) is 6.42 Å². The molecule has 1 aliphatic heterocycles. The lowest BCUT2D eigenvalue weighted by Crippen LogP contribution is -2.60. The molecule has 0 aliphatic carbocycles. The van der Waals surface area contributed by atoms with E-state index in [1.165, 1.54) is 0 Å². The van der Waals surface area contributed by atoms with Crippen LogP contribution in [0.1, 0.15) is 31.5 Å². The maximum Gasteiger partial charge on any atom is 0.230 e. The van der Waals surface area contributed by atoms with Gasteiger partial charge < -0.3 is 9.52 Å². The van der Waals surface area contributed by atoms with E-state index in [-0.39, 0.29) is 0 Å². The Morgan fingerprint density at radius 3 is 2.73 bits per heavy atom. The fraction of sp³-hybridized carbons (Fsp3) is 0.800. The molecule has 15 heavy (non-hydrogen) atoms. The van der Waals surface area contributed by atoms with E-state index in [2.05, 4.69) is 22.0 Å². The van der Waals surface area contributed by atoms with Crippen LogP contribution in [0.2, 0.25) is 0 Å². The maximum atomic E-state index is 9.96. The van der Waals surface area contributed by atoms with Crippen molar-refractivity contribution in [3.63, 3.8) is 0 Å². The number of hydrogen-bond donors (Lipinski definition) is 1. The van der Waals surface area contributed by atoms with E-state index in [0.29, 0.717) is 31.4 Å². The van der Waals surface area contributed by atoms with Crippen molar-refractivity contribution < 1.29 is 9.52 Å². The van der Waals surface area contributed by atoms with E-state index in [4.69, 9.17) is 4.42 Å². The van der Waals surface area contributed by atoms with Crippen LogP contribution in [0.5, 0.6) is 0 Å². The average Bonchev–Trinajstić information content (AvgIpc) is 2.49. The van der Waals surface area contributed by atoms with Crippen LogP contribution in [0.25, 0.3) is 0 Å². The molecule has 5 heteroatoms. The first-order valence-corrected chi connectivity index (χ1v) is 5.35. The van der Waals surface area contributed by atoms with Crippen LogP contribution in [0.3, 0.4) is 0 Å². The molecule has 1 aromatic heterocycles. The molecule has 0 amide bonds. The minimum Gasteiger partial charge on any atom is -0.424 e. The summed E-state index contributed by atoms with van der Waals surface area (Å²) in [5.41, 5.74) is -0.482. The number of β-amino-alcohol motifs (C(OH)–C–C–N with tert-alkyl or cyclic N) is 1. The molecule has 1 N–H and O–H groups in total. The smallest absolute Gasteiger partial charge is 0.230 e. The SMILES string of the molecule is CCCC1(O)CN(Cc2nnc(C)o2)C1. The van der Waals surface area contributed by atoms with Gasteiger partial charge in [0.15, 0.2) is 0 Å². The second kappa shape index (κ2) is 3.90. The number of likely N-dealkylation sites (tertiary alicyclic amines) is 1. The molecule has 0 radical (unpaired) electrons. The molecule has 1 saturated heterocycles. The molecule has 0 saturated carbocycles. The zero-order valence-corrected chi connectivity index (χ0v) is 9.23. The number of aromatic nitrogens is 2. The van der Waals surface area contributed by atoms with E-state index < -0.39 is 5.60 Å². The van der Waals surface area contributed by atoms with E-state index >= 15 is 0 Å². The lowest BCUT2D eigenvalue weighted by Gasteiger charge is -2.46. The Bertz CT molecular complexity index is 331. The molecule has 1 aliphatic rings. The van der Waals surface area contributed by atoms with Gasteiger partial charge in [0.1, 0.15) is 0 Å². The third-order valence-corrected chi connectivity index (χ3v) is 2.68. The highest BCUT2D eigenvalue weighted by molar-refractivity contribution is 4.96. The highest BCUT2D eigenvalue weighted by Gasteiger charge is 2.40. The van der Waals surface area contributed by atoms with Gasteiger partial charge in [-0.2, -0.15) is 0 Å². The Morgan fingerprint density at radius 2 is 2.20 bits per heavy atom. The molecule has 2 rings (SSSR count).